The molecule has 2 aromatic carbocycles. The zero-order valence-corrected chi connectivity index (χ0v) is 13.5. The van der Waals surface area contributed by atoms with Gasteiger partial charge in [-0.2, -0.15) is 0 Å². The standard InChI is InChI=1S/C14H11F3.2C2H6/c1-8-3-4-10(5-9(8)2)14-12(16)6-11(15)7-13(14)17;2*1-2/h3-7H,1-2H3;2*1-2H3. The van der Waals surface area contributed by atoms with Crippen LogP contribution in [0.4, 0.5) is 13.2 Å². The number of hydrogen-bond acceptors (Lipinski definition) is 0. The van der Waals surface area contributed by atoms with Crippen molar-refractivity contribution in [2.45, 2.75) is 41.5 Å². The van der Waals surface area contributed by atoms with E-state index in [1.54, 1.807) is 18.2 Å². The Labute approximate surface area is 125 Å². The Balaban J connectivity index is 0.000000921. The van der Waals surface area contributed by atoms with Crippen LogP contribution in [0.15, 0.2) is 30.3 Å². The van der Waals surface area contributed by atoms with E-state index >= 15 is 0 Å². The van der Waals surface area contributed by atoms with Crippen molar-refractivity contribution in [3.8, 4) is 11.1 Å². The quantitative estimate of drug-likeness (QED) is 0.568. The highest BCUT2D eigenvalue weighted by Gasteiger charge is 2.13. The predicted octanol–water partition coefficient (Wildman–Crippen LogP) is 6.44. The molecule has 0 radical (unpaired) electrons. The lowest BCUT2D eigenvalue weighted by Gasteiger charge is -2.08. The fourth-order valence-corrected chi connectivity index (χ4v) is 1.71. The number of aryl methyl sites for hydroxylation is 2. The van der Waals surface area contributed by atoms with Gasteiger partial charge in [0.2, 0.25) is 0 Å². The van der Waals surface area contributed by atoms with E-state index in [-0.39, 0.29) is 5.56 Å². The van der Waals surface area contributed by atoms with Gasteiger partial charge in [0.1, 0.15) is 17.5 Å². The summed E-state index contributed by atoms with van der Waals surface area (Å²) >= 11 is 0. The van der Waals surface area contributed by atoms with E-state index in [2.05, 4.69) is 0 Å². The molecule has 0 atom stereocenters. The molecule has 0 nitrogen and oxygen atoms in total. The summed E-state index contributed by atoms with van der Waals surface area (Å²) in [7, 11) is 0. The van der Waals surface area contributed by atoms with Crippen LogP contribution in [-0.2, 0) is 0 Å². The highest BCUT2D eigenvalue weighted by Crippen LogP contribution is 2.28. The van der Waals surface area contributed by atoms with Gasteiger partial charge in [-0.25, -0.2) is 13.2 Å². The third-order valence-corrected chi connectivity index (χ3v) is 2.80. The van der Waals surface area contributed by atoms with Gasteiger partial charge >= 0.3 is 0 Å². The normalized spacial score (nSPS) is 9.19. The molecule has 0 bridgehead atoms. The van der Waals surface area contributed by atoms with Crippen LogP contribution in [-0.4, -0.2) is 0 Å². The minimum absolute atomic E-state index is 0.186. The van der Waals surface area contributed by atoms with E-state index < -0.39 is 17.5 Å². The summed E-state index contributed by atoms with van der Waals surface area (Å²) in [5, 5.41) is 0. The van der Waals surface area contributed by atoms with Crippen LogP contribution < -0.4 is 0 Å². The SMILES string of the molecule is CC.CC.Cc1ccc(-c2c(F)cc(F)cc2F)cc1C. The summed E-state index contributed by atoms with van der Waals surface area (Å²) in [6.45, 7) is 11.8. The van der Waals surface area contributed by atoms with Crippen LogP contribution in [0.3, 0.4) is 0 Å². The highest BCUT2D eigenvalue weighted by molar-refractivity contribution is 5.66. The average Bonchev–Trinajstić information content (AvgIpc) is 2.46. The molecule has 2 rings (SSSR count). The first kappa shape index (κ1) is 19.2. The van der Waals surface area contributed by atoms with Crippen LogP contribution >= 0.6 is 0 Å². The summed E-state index contributed by atoms with van der Waals surface area (Å²) in [5.74, 6) is -2.68. The second-order valence-corrected chi connectivity index (χ2v) is 4.04. The van der Waals surface area contributed by atoms with E-state index in [0.29, 0.717) is 17.7 Å². The minimum Gasteiger partial charge on any atom is -0.207 e. The Kier molecular flexibility index (Phi) is 8.44. The molecule has 0 spiro atoms. The summed E-state index contributed by atoms with van der Waals surface area (Å²) in [5.41, 5.74) is 2.21. The van der Waals surface area contributed by atoms with Crippen LogP contribution in [0.25, 0.3) is 11.1 Å². The molecule has 0 saturated heterocycles. The lowest BCUT2D eigenvalue weighted by atomic mass is 9.99. The zero-order chi connectivity index (χ0) is 16.6. The fraction of sp³-hybridized carbons (Fsp3) is 0.333. The van der Waals surface area contributed by atoms with Crippen LogP contribution in [0, 0.1) is 31.3 Å². The first-order valence-corrected chi connectivity index (χ1v) is 7.21. The smallest absolute Gasteiger partial charge is 0.136 e. The lowest BCUT2D eigenvalue weighted by Crippen LogP contribution is -1.93. The lowest BCUT2D eigenvalue weighted by molar-refractivity contribution is 0.548. The van der Waals surface area contributed by atoms with Crippen LogP contribution in [0.2, 0.25) is 0 Å². The van der Waals surface area contributed by atoms with Crippen molar-refractivity contribution in [3.05, 3.63) is 58.9 Å². The van der Waals surface area contributed by atoms with Gasteiger partial charge in [-0.1, -0.05) is 45.9 Å². The summed E-state index contributed by atoms with van der Waals surface area (Å²) in [6, 6.07) is 6.48. The molecule has 0 saturated carbocycles. The van der Waals surface area contributed by atoms with Crippen molar-refractivity contribution in [3.63, 3.8) is 0 Å². The molecular formula is C18H23F3. The van der Waals surface area contributed by atoms with Crippen LogP contribution in [0.1, 0.15) is 38.8 Å². The second kappa shape index (κ2) is 9.22. The maximum atomic E-state index is 13.5. The molecule has 0 aliphatic rings. The van der Waals surface area contributed by atoms with Gasteiger partial charge in [0.25, 0.3) is 0 Å². The van der Waals surface area contributed by atoms with E-state index in [1.807, 2.05) is 41.5 Å². The molecule has 116 valence electrons. The third-order valence-electron chi connectivity index (χ3n) is 2.80. The second-order valence-electron chi connectivity index (χ2n) is 4.04. The van der Waals surface area contributed by atoms with Crippen LogP contribution in [0.5, 0.6) is 0 Å². The molecule has 0 aliphatic carbocycles. The van der Waals surface area contributed by atoms with Gasteiger partial charge in [0.05, 0.1) is 5.56 Å². The van der Waals surface area contributed by atoms with E-state index in [4.69, 9.17) is 0 Å². The molecule has 0 amide bonds. The van der Waals surface area contributed by atoms with Crippen molar-refractivity contribution >= 4 is 0 Å². The van der Waals surface area contributed by atoms with Gasteiger partial charge in [-0.15, -0.1) is 0 Å². The Bertz CT molecular complexity index is 552. The van der Waals surface area contributed by atoms with Gasteiger partial charge in [0, 0.05) is 12.1 Å². The van der Waals surface area contributed by atoms with E-state index in [9.17, 15) is 13.2 Å². The molecule has 0 fully saturated rings. The van der Waals surface area contributed by atoms with Gasteiger partial charge in [-0.3, -0.25) is 0 Å². The maximum absolute atomic E-state index is 13.5. The monoisotopic (exact) mass is 296 g/mol. The van der Waals surface area contributed by atoms with Gasteiger partial charge < -0.3 is 0 Å². The zero-order valence-electron chi connectivity index (χ0n) is 13.5. The van der Waals surface area contributed by atoms with Gasteiger partial charge in [0.15, 0.2) is 0 Å². The van der Waals surface area contributed by atoms with Crippen molar-refractivity contribution in [2.24, 2.45) is 0 Å². The molecule has 0 heterocycles. The summed E-state index contributed by atoms with van der Waals surface area (Å²) in [4.78, 5) is 0. The number of halogens is 3. The molecule has 0 aromatic heterocycles. The topological polar surface area (TPSA) is 0 Å². The number of rotatable bonds is 1. The predicted molar refractivity (Wildman–Crippen MR) is 83.9 cm³/mol. The van der Waals surface area contributed by atoms with Crippen molar-refractivity contribution in [1.82, 2.24) is 0 Å². The molecule has 21 heavy (non-hydrogen) atoms. The summed E-state index contributed by atoms with van der Waals surface area (Å²) in [6.07, 6.45) is 0. The van der Waals surface area contributed by atoms with E-state index in [0.717, 1.165) is 11.1 Å². The Morgan fingerprint density at radius 1 is 0.667 bits per heavy atom. The molecule has 0 unspecified atom stereocenters. The third kappa shape index (κ3) is 4.92. The van der Waals surface area contributed by atoms with E-state index in [1.165, 1.54) is 0 Å². The first-order chi connectivity index (χ1) is 9.99. The van der Waals surface area contributed by atoms with Gasteiger partial charge in [-0.05, 0) is 30.5 Å². The highest BCUT2D eigenvalue weighted by atomic mass is 19.1. The number of hydrogen-bond donors (Lipinski definition) is 0. The van der Waals surface area contributed by atoms with Crippen molar-refractivity contribution < 1.29 is 13.2 Å². The fourth-order valence-electron chi connectivity index (χ4n) is 1.71. The largest absolute Gasteiger partial charge is 0.207 e. The van der Waals surface area contributed by atoms with Crippen molar-refractivity contribution in [2.75, 3.05) is 0 Å². The molecule has 2 aromatic rings. The molecular weight excluding hydrogens is 273 g/mol. The molecule has 3 heteroatoms. The number of benzene rings is 2. The summed E-state index contributed by atoms with van der Waals surface area (Å²) < 4.78 is 39.9. The average molecular weight is 296 g/mol. The molecule has 0 aliphatic heterocycles. The molecule has 0 N–H and O–H groups in total. The Morgan fingerprint density at radius 3 is 1.57 bits per heavy atom. The van der Waals surface area contributed by atoms with Crippen molar-refractivity contribution in [1.29, 1.82) is 0 Å². The maximum Gasteiger partial charge on any atom is 0.136 e. The minimum atomic E-state index is -0.910. The Morgan fingerprint density at radius 2 is 1.14 bits per heavy atom. The first-order valence-electron chi connectivity index (χ1n) is 7.21. The Hall–Kier alpha value is -1.77.